The highest BCUT2D eigenvalue weighted by Gasteiger charge is 2.15. The molecule has 3 rings (SSSR count). The van der Waals surface area contributed by atoms with Gasteiger partial charge in [0, 0.05) is 32.2 Å². The highest BCUT2D eigenvalue weighted by atomic mass is 19.3. The fourth-order valence-corrected chi connectivity index (χ4v) is 2.75. The molecule has 0 aromatic carbocycles. The van der Waals surface area contributed by atoms with Gasteiger partial charge < -0.3 is 19.2 Å². The predicted octanol–water partition coefficient (Wildman–Crippen LogP) is 3.51. The number of rotatable bonds is 8. The Morgan fingerprint density at radius 1 is 1.25 bits per heavy atom. The van der Waals surface area contributed by atoms with E-state index in [1.54, 1.807) is 23.8 Å². The van der Waals surface area contributed by atoms with E-state index in [1.807, 2.05) is 6.20 Å². The molecule has 0 bridgehead atoms. The van der Waals surface area contributed by atoms with E-state index < -0.39 is 18.0 Å². The summed E-state index contributed by atoms with van der Waals surface area (Å²) in [7, 11) is 3.15. The summed E-state index contributed by atoms with van der Waals surface area (Å²) in [6.07, 6.45) is 2.35. The van der Waals surface area contributed by atoms with Crippen LogP contribution < -0.4 is 10.1 Å². The molecule has 0 aliphatic rings. The molecular weight excluding hydrogens is 370 g/mol. The molecule has 0 aliphatic carbocycles. The molecule has 0 unspecified atom stereocenters. The number of hydrogen-bond acceptors (Lipinski definition) is 5. The van der Waals surface area contributed by atoms with Gasteiger partial charge in [0.1, 0.15) is 11.4 Å². The number of amides is 1. The number of carbonyl (C=O) groups excluding carboxylic acids is 1. The van der Waals surface area contributed by atoms with Gasteiger partial charge in [0.05, 0.1) is 18.5 Å². The van der Waals surface area contributed by atoms with Crippen molar-refractivity contribution in [1.82, 2.24) is 14.4 Å². The van der Waals surface area contributed by atoms with Crippen LogP contribution in [0.15, 0.2) is 36.7 Å². The zero-order valence-electron chi connectivity index (χ0n) is 15.5. The smallest absolute Gasteiger partial charge is 0.280 e. The van der Waals surface area contributed by atoms with Gasteiger partial charge in [-0.05, 0) is 25.0 Å². The van der Waals surface area contributed by atoms with Gasteiger partial charge in [-0.1, -0.05) is 6.07 Å². The van der Waals surface area contributed by atoms with Crippen molar-refractivity contribution in [2.24, 2.45) is 0 Å². The zero-order valence-corrected chi connectivity index (χ0v) is 15.5. The standard InChI is InChI=1S/C19H20F2N4O3/c1-27-8-4-5-12-10-25-11-13(9-16(28-2)18(25)22-12)23-19(26)15-7-3-6-14(24-15)17(20)21/h3,6-7,9-11,17H,4-5,8H2,1-2H3,(H,23,26). The third-order valence-corrected chi connectivity index (χ3v) is 4.05. The van der Waals surface area contributed by atoms with Gasteiger partial charge >= 0.3 is 0 Å². The maximum atomic E-state index is 12.8. The van der Waals surface area contributed by atoms with E-state index in [1.165, 1.54) is 25.3 Å². The van der Waals surface area contributed by atoms with Gasteiger partial charge in [0.15, 0.2) is 11.4 Å². The number of aryl methyl sites for hydroxylation is 1. The molecule has 3 aromatic heterocycles. The summed E-state index contributed by atoms with van der Waals surface area (Å²) in [6.45, 7) is 0.636. The molecule has 0 atom stereocenters. The number of imidazole rings is 1. The first-order valence-corrected chi connectivity index (χ1v) is 8.63. The summed E-state index contributed by atoms with van der Waals surface area (Å²) in [5, 5.41) is 2.66. The average Bonchev–Trinajstić information content (AvgIpc) is 3.10. The van der Waals surface area contributed by atoms with Crippen LogP contribution in [0.4, 0.5) is 14.5 Å². The lowest BCUT2D eigenvalue weighted by Gasteiger charge is -2.09. The first-order valence-electron chi connectivity index (χ1n) is 8.63. The first kappa shape index (κ1) is 19.7. The number of anilines is 1. The molecule has 3 heterocycles. The Bertz CT molecular complexity index is 975. The molecule has 7 nitrogen and oxygen atoms in total. The lowest BCUT2D eigenvalue weighted by molar-refractivity contribution is 0.102. The van der Waals surface area contributed by atoms with Gasteiger partial charge in [-0.15, -0.1) is 0 Å². The highest BCUT2D eigenvalue weighted by molar-refractivity contribution is 6.03. The van der Waals surface area contributed by atoms with E-state index >= 15 is 0 Å². The van der Waals surface area contributed by atoms with Crippen molar-refractivity contribution in [3.05, 3.63) is 53.7 Å². The van der Waals surface area contributed by atoms with Crippen LogP contribution in [-0.2, 0) is 11.2 Å². The van der Waals surface area contributed by atoms with Crippen molar-refractivity contribution in [2.75, 3.05) is 26.1 Å². The maximum absolute atomic E-state index is 12.8. The number of nitrogens with zero attached hydrogens (tertiary/aromatic N) is 3. The minimum Gasteiger partial charge on any atom is -0.493 e. The number of hydrogen-bond donors (Lipinski definition) is 1. The molecule has 3 aromatic rings. The Kier molecular flexibility index (Phi) is 6.15. The Labute approximate surface area is 160 Å². The Hall–Kier alpha value is -3.07. The predicted molar refractivity (Wildman–Crippen MR) is 99.1 cm³/mol. The molecule has 0 saturated heterocycles. The normalized spacial score (nSPS) is 11.2. The van der Waals surface area contributed by atoms with E-state index in [4.69, 9.17) is 9.47 Å². The van der Waals surface area contributed by atoms with Gasteiger partial charge in [0.2, 0.25) is 0 Å². The van der Waals surface area contributed by atoms with E-state index in [0.717, 1.165) is 18.5 Å². The third-order valence-electron chi connectivity index (χ3n) is 4.05. The second-order valence-electron chi connectivity index (χ2n) is 6.06. The molecule has 1 amide bonds. The molecule has 9 heteroatoms. The summed E-state index contributed by atoms with van der Waals surface area (Å²) in [4.78, 5) is 20.6. The van der Waals surface area contributed by atoms with Crippen LogP contribution >= 0.6 is 0 Å². The fraction of sp³-hybridized carbons (Fsp3) is 0.316. The number of pyridine rings is 2. The quantitative estimate of drug-likeness (QED) is 0.596. The Morgan fingerprint density at radius 2 is 2.07 bits per heavy atom. The summed E-state index contributed by atoms with van der Waals surface area (Å²) >= 11 is 0. The number of carbonyl (C=O) groups is 1. The first-order chi connectivity index (χ1) is 13.5. The monoisotopic (exact) mass is 390 g/mol. The van der Waals surface area contributed by atoms with Crippen LogP contribution in [0.5, 0.6) is 5.75 Å². The largest absolute Gasteiger partial charge is 0.493 e. The minimum absolute atomic E-state index is 0.0947. The van der Waals surface area contributed by atoms with E-state index in [-0.39, 0.29) is 5.69 Å². The van der Waals surface area contributed by atoms with Crippen LogP contribution in [0, 0.1) is 0 Å². The van der Waals surface area contributed by atoms with Gasteiger partial charge in [-0.25, -0.2) is 18.7 Å². The lowest BCUT2D eigenvalue weighted by Crippen LogP contribution is -2.15. The van der Waals surface area contributed by atoms with Crippen LogP contribution in [-0.4, -0.2) is 41.1 Å². The second-order valence-corrected chi connectivity index (χ2v) is 6.06. The van der Waals surface area contributed by atoms with Crippen molar-refractivity contribution in [2.45, 2.75) is 19.3 Å². The third kappa shape index (κ3) is 4.42. The molecule has 0 radical (unpaired) electrons. The summed E-state index contributed by atoms with van der Waals surface area (Å²) in [5.41, 5.74) is 1.37. The number of ether oxygens (including phenoxy) is 2. The summed E-state index contributed by atoms with van der Waals surface area (Å²) in [6, 6.07) is 5.54. The van der Waals surface area contributed by atoms with Crippen LogP contribution in [0.25, 0.3) is 5.65 Å². The van der Waals surface area contributed by atoms with Gasteiger partial charge in [-0.2, -0.15) is 0 Å². The number of methoxy groups -OCH3 is 2. The van der Waals surface area contributed by atoms with E-state index in [0.29, 0.717) is 23.7 Å². The Morgan fingerprint density at radius 3 is 2.79 bits per heavy atom. The topological polar surface area (TPSA) is 77.8 Å². The van der Waals surface area contributed by atoms with Crippen molar-refractivity contribution in [1.29, 1.82) is 0 Å². The molecule has 148 valence electrons. The number of aromatic nitrogens is 3. The molecule has 1 N–H and O–H groups in total. The number of fused-ring (bicyclic) bond motifs is 1. The van der Waals surface area contributed by atoms with Crippen molar-refractivity contribution < 1.29 is 23.0 Å². The average molecular weight is 390 g/mol. The number of halogens is 2. The SMILES string of the molecule is COCCCc1cn2cc(NC(=O)c3cccc(C(F)F)n3)cc(OC)c2n1. The van der Waals surface area contributed by atoms with Crippen molar-refractivity contribution >= 4 is 17.2 Å². The van der Waals surface area contributed by atoms with Crippen molar-refractivity contribution in [3.63, 3.8) is 0 Å². The lowest BCUT2D eigenvalue weighted by atomic mass is 10.2. The van der Waals surface area contributed by atoms with Gasteiger partial charge in [-0.3, -0.25) is 4.79 Å². The summed E-state index contributed by atoms with van der Waals surface area (Å²) < 4.78 is 37.8. The minimum atomic E-state index is -2.74. The van der Waals surface area contributed by atoms with Crippen LogP contribution in [0.1, 0.15) is 34.7 Å². The molecule has 0 aliphatic heterocycles. The van der Waals surface area contributed by atoms with Crippen LogP contribution in [0.3, 0.4) is 0 Å². The molecule has 28 heavy (non-hydrogen) atoms. The number of nitrogens with one attached hydrogen (secondary N) is 1. The second kappa shape index (κ2) is 8.75. The molecular formula is C19H20F2N4O3. The van der Waals surface area contributed by atoms with Gasteiger partial charge in [0.25, 0.3) is 12.3 Å². The van der Waals surface area contributed by atoms with E-state index in [9.17, 15) is 13.6 Å². The number of alkyl halides is 2. The highest BCUT2D eigenvalue weighted by Crippen LogP contribution is 2.25. The van der Waals surface area contributed by atoms with Crippen molar-refractivity contribution in [3.8, 4) is 5.75 Å². The zero-order chi connectivity index (χ0) is 20.1. The Balaban J connectivity index is 1.84. The molecule has 0 saturated carbocycles. The summed E-state index contributed by atoms with van der Waals surface area (Å²) in [5.74, 6) is -0.116. The molecule has 0 fully saturated rings. The fourth-order valence-electron chi connectivity index (χ4n) is 2.75. The maximum Gasteiger partial charge on any atom is 0.280 e. The molecule has 0 spiro atoms. The van der Waals surface area contributed by atoms with Crippen LogP contribution in [0.2, 0.25) is 0 Å². The van der Waals surface area contributed by atoms with E-state index in [2.05, 4.69) is 15.3 Å².